The predicted octanol–water partition coefficient (Wildman–Crippen LogP) is 2.96. The van der Waals surface area contributed by atoms with Crippen LogP contribution in [-0.2, 0) is 0 Å². The van der Waals surface area contributed by atoms with E-state index in [1.165, 1.54) is 32.1 Å². The fraction of sp³-hybridized carbons (Fsp3) is 1.00. The van der Waals surface area contributed by atoms with Crippen LogP contribution in [0.15, 0.2) is 0 Å². The summed E-state index contributed by atoms with van der Waals surface area (Å²) in [4.78, 5) is 0. The molecule has 0 atom stereocenters. The molecule has 62 valence electrons. The van der Waals surface area contributed by atoms with Crippen LogP contribution in [0.1, 0.15) is 32.1 Å². The van der Waals surface area contributed by atoms with Gasteiger partial charge in [0.2, 0.25) is 0 Å². The molecule has 10 heavy (non-hydrogen) atoms. The van der Waals surface area contributed by atoms with Gasteiger partial charge in [0, 0.05) is 0 Å². The zero-order valence-corrected chi connectivity index (χ0v) is 8.61. The molecule has 0 bridgehead atoms. The van der Waals surface area contributed by atoms with Gasteiger partial charge in [0.25, 0.3) is 0 Å². The van der Waals surface area contributed by atoms with Gasteiger partial charge in [-0.05, 0) is 0 Å². The van der Waals surface area contributed by atoms with Crippen molar-refractivity contribution in [3.05, 3.63) is 0 Å². The Hall–Kier alpha value is 0.430. The molecule has 1 aliphatic rings. The van der Waals surface area contributed by atoms with Gasteiger partial charge in [-0.1, -0.05) is 0 Å². The zero-order chi connectivity index (χ0) is 7.61. The Balaban J connectivity index is 2.39. The van der Waals surface area contributed by atoms with E-state index in [1.54, 1.807) is 0 Å². The molecule has 1 fully saturated rings. The topological polar surface area (TPSA) is 0 Å². The van der Waals surface area contributed by atoms with Crippen molar-refractivity contribution in [3.63, 3.8) is 0 Å². The molecule has 0 amide bonds. The van der Waals surface area contributed by atoms with E-state index >= 15 is 0 Å². The molecular formula is C9H21P. The van der Waals surface area contributed by atoms with Crippen molar-refractivity contribution in [2.45, 2.75) is 37.8 Å². The summed E-state index contributed by atoms with van der Waals surface area (Å²) in [5.41, 5.74) is 1.14. The molecule has 0 unspecified atom stereocenters. The van der Waals surface area contributed by atoms with Crippen molar-refractivity contribution in [2.24, 2.45) is 0 Å². The normalized spacial score (nSPS) is 24.7. The summed E-state index contributed by atoms with van der Waals surface area (Å²) in [7, 11) is -0.756. The molecule has 0 aromatic heterocycles. The molecule has 0 saturated heterocycles. The van der Waals surface area contributed by atoms with Gasteiger partial charge in [0.1, 0.15) is 0 Å². The minimum absolute atomic E-state index is 0.756. The van der Waals surface area contributed by atoms with E-state index in [-0.39, 0.29) is 0 Å². The molecule has 0 nitrogen and oxygen atoms in total. The Morgan fingerprint density at radius 2 is 1.40 bits per heavy atom. The second-order valence-electron chi connectivity index (χ2n) is 4.70. The summed E-state index contributed by atoms with van der Waals surface area (Å²) < 4.78 is 0. The molecule has 0 aliphatic heterocycles. The van der Waals surface area contributed by atoms with E-state index in [1.807, 2.05) is 0 Å². The summed E-state index contributed by atoms with van der Waals surface area (Å²) in [5.74, 6) is 0. The van der Waals surface area contributed by atoms with Crippen molar-refractivity contribution in [1.29, 1.82) is 0 Å². The summed E-state index contributed by atoms with van der Waals surface area (Å²) in [6, 6.07) is 0. The van der Waals surface area contributed by atoms with E-state index in [0.717, 1.165) is 5.66 Å². The van der Waals surface area contributed by atoms with Crippen molar-refractivity contribution >= 4 is 7.26 Å². The van der Waals surface area contributed by atoms with E-state index in [0.29, 0.717) is 0 Å². The monoisotopic (exact) mass is 160 g/mol. The second-order valence-corrected chi connectivity index (χ2v) is 10.2. The first-order valence-corrected chi connectivity index (χ1v) is 8.18. The van der Waals surface area contributed by atoms with Crippen LogP contribution in [0.25, 0.3) is 0 Å². The van der Waals surface area contributed by atoms with E-state index < -0.39 is 7.26 Å². The average Bonchev–Trinajstić information content (AvgIpc) is 1.88. The standard InChI is InChI=1S/C9H21P/c1-10(2,3)9-7-5-4-6-8-9/h9-10H,4-8H2,1-3H3. The number of rotatable bonds is 1. The van der Waals surface area contributed by atoms with Crippen LogP contribution in [0.2, 0.25) is 0 Å². The van der Waals surface area contributed by atoms with E-state index in [2.05, 4.69) is 20.0 Å². The van der Waals surface area contributed by atoms with E-state index in [9.17, 15) is 0 Å². The Bertz CT molecular complexity index is 95.8. The summed E-state index contributed by atoms with van der Waals surface area (Å²) >= 11 is 0. The van der Waals surface area contributed by atoms with Gasteiger partial charge >= 0.3 is 65.0 Å². The second kappa shape index (κ2) is 3.22. The third-order valence-corrected chi connectivity index (χ3v) is 5.86. The molecule has 0 aromatic rings. The maximum atomic E-state index is 2.52. The van der Waals surface area contributed by atoms with Gasteiger partial charge < -0.3 is 0 Å². The maximum absolute atomic E-state index is 2.52. The summed E-state index contributed by atoms with van der Waals surface area (Å²) in [6.07, 6.45) is 7.59. The van der Waals surface area contributed by atoms with Crippen molar-refractivity contribution < 1.29 is 0 Å². The molecule has 1 rings (SSSR count). The van der Waals surface area contributed by atoms with Gasteiger partial charge in [-0.2, -0.15) is 0 Å². The van der Waals surface area contributed by atoms with Crippen molar-refractivity contribution in [3.8, 4) is 0 Å². The van der Waals surface area contributed by atoms with E-state index in [4.69, 9.17) is 0 Å². The SMILES string of the molecule is C[PH](C)(C)C1CCCCC1. The third kappa shape index (κ3) is 2.23. The van der Waals surface area contributed by atoms with Gasteiger partial charge in [-0.25, -0.2) is 0 Å². The molecule has 0 N–H and O–H groups in total. The molecule has 0 radical (unpaired) electrons. The Kier molecular flexibility index (Phi) is 2.74. The van der Waals surface area contributed by atoms with Gasteiger partial charge in [-0.3, -0.25) is 0 Å². The molecule has 1 saturated carbocycles. The summed E-state index contributed by atoms with van der Waals surface area (Å²) in [5, 5.41) is 0. The van der Waals surface area contributed by atoms with Crippen molar-refractivity contribution in [2.75, 3.05) is 20.0 Å². The Morgan fingerprint density at radius 1 is 0.900 bits per heavy atom. The van der Waals surface area contributed by atoms with Gasteiger partial charge in [-0.15, -0.1) is 0 Å². The predicted molar refractivity (Wildman–Crippen MR) is 53.0 cm³/mol. The van der Waals surface area contributed by atoms with Gasteiger partial charge in [0.05, 0.1) is 0 Å². The fourth-order valence-corrected chi connectivity index (χ4v) is 4.11. The fourth-order valence-electron chi connectivity index (χ4n) is 1.97. The molecule has 1 aliphatic carbocycles. The molecule has 1 heteroatoms. The van der Waals surface area contributed by atoms with Crippen LogP contribution in [-0.4, -0.2) is 25.7 Å². The van der Waals surface area contributed by atoms with Crippen LogP contribution in [0.5, 0.6) is 0 Å². The van der Waals surface area contributed by atoms with Gasteiger partial charge in [0.15, 0.2) is 0 Å². The first kappa shape index (κ1) is 8.53. The summed E-state index contributed by atoms with van der Waals surface area (Å²) in [6.45, 7) is 7.55. The van der Waals surface area contributed by atoms with Crippen LogP contribution in [0.4, 0.5) is 0 Å². The molecule has 0 spiro atoms. The van der Waals surface area contributed by atoms with Crippen LogP contribution >= 0.6 is 7.26 Å². The Morgan fingerprint density at radius 3 is 1.70 bits per heavy atom. The first-order valence-electron chi connectivity index (χ1n) is 4.61. The molecular weight excluding hydrogens is 139 g/mol. The van der Waals surface area contributed by atoms with Crippen LogP contribution in [0.3, 0.4) is 0 Å². The number of hydrogen-bond acceptors (Lipinski definition) is 0. The van der Waals surface area contributed by atoms with Crippen LogP contribution < -0.4 is 0 Å². The average molecular weight is 160 g/mol. The molecule has 0 aromatic carbocycles. The minimum atomic E-state index is -0.756. The zero-order valence-electron chi connectivity index (χ0n) is 7.61. The van der Waals surface area contributed by atoms with Crippen LogP contribution in [0, 0.1) is 0 Å². The Labute approximate surface area is 65.7 Å². The third-order valence-electron chi connectivity index (χ3n) is 2.83. The first-order chi connectivity index (χ1) is 4.61. The number of hydrogen-bond donors (Lipinski definition) is 0. The van der Waals surface area contributed by atoms with Crippen molar-refractivity contribution in [1.82, 2.24) is 0 Å². The quantitative estimate of drug-likeness (QED) is 0.517. The molecule has 0 heterocycles.